The molecule has 0 radical (unpaired) electrons. The average molecular weight is 289 g/mol. The van der Waals surface area contributed by atoms with Gasteiger partial charge in [-0.25, -0.2) is 9.69 Å². The van der Waals surface area contributed by atoms with Crippen LogP contribution in [0.15, 0.2) is 35.3 Å². The van der Waals surface area contributed by atoms with E-state index in [0.717, 1.165) is 16.9 Å². The smallest absolute Gasteiger partial charge is 0.417 e. The SMILES string of the molecule is CC[C@H](C)[C@@H]1C(=O)N=C(N)N1C(=O)OCc1ccccc1. The molecule has 0 bridgehead atoms. The molecular formula is C15H19N3O3. The highest BCUT2D eigenvalue weighted by molar-refractivity contribution is 6.09. The van der Waals surface area contributed by atoms with Crippen LogP contribution in [0.5, 0.6) is 0 Å². The molecule has 2 atom stereocenters. The van der Waals surface area contributed by atoms with Crippen LogP contribution in [0.25, 0.3) is 0 Å². The van der Waals surface area contributed by atoms with Crippen molar-refractivity contribution in [1.29, 1.82) is 0 Å². The summed E-state index contributed by atoms with van der Waals surface area (Å²) in [5.74, 6) is -0.520. The minimum absolute atomic E-state index is 0.0356. The van der Waals surface area contributed by atoms with Crippen molar-refractivity contribution >= 4 is 18.0 Å². The fourth-order valence-electron chi connectivity index (χ4n) is 2.20. The molecule has 0 unspecified atom stereocenters. The van der Waals surface area contributed by atoms with Crippen LogP contribution in [0.3, 0.4) is 0 Å². The third-order valence-electron chi connectivity index (χ3n) is 3.59. The second-order valence-corrected chi connectivity index (χ2v) is 5.05. The van der Waals surface area contributed by atoms with Crippen LogP contribution in [0, 0.1) is 5.92 Å². The van der Waals surface area contributed by atoms with Crippen molar-refractivity contribution in [3.8, 4) is 0 Å². The van der Waals surface area contributed by atoms with Crippen LogP contribution >= 0.6 is 0 Å². The monoisotopic (exact) mass is 289 g/mol. The number of nitrogens with two attached hydrogens (primary N) is 1. The third kappa shape index (κ3) is 3.21. The lowest BCUT2D eigenvalue weighted by Gasteiger charge is -2.26. The summed E-state index contributed by atoms with van der Waals surface area (Å²) < 4.78 is 5.23. The first-order valence-electron chi connectivity index (χ1n) is 6.92. The molecule has 6 heteroatoms. The van der Waals surface area contributed by atoms with Crippen molar-refractivity contribution in [2.45, 2.75) is 32.9 Å². The number of nitrogens with zero attached hydrogens (tertiary/aromatic N) is 2. The van der Waals surface area contributed by atoms with Gasteiger partial charge in [-0.05, 0) is 11.5 Å². The van der Waals surface area contributed by atoms with Gasteiger partial charge >= 0.3 is 6.09 Å². The van der Waals surface area contributed by atoms with Crippen LogP contribution in [0.4, 0.5) is 4.79 Å². The normalized spacial score (nSPS) is 19.3. The zero-order chi connectivity index (χ0) is 15.4. The minimum Gasteiger partial charge on any atom is -0.444 e. The standard InChI is InChI=1S/C15H19N3O3/c1-3-10(2)12-13(19)17-14(16)18(12)15(20)21-9-11-7-5-4-6-8-11/h4-8,10,12H,3,9H2,1-2H3,(H2,16,17,19)/t10-,12+/m0/s1. The van der Waals surface area contributed by atoms with Crippen LogP contribution < -0.4 is 5.73 Å². The fraction of sp³-hybridized carbons (Fsp3) is 0.400. The maximum absolute atomic E-state index is 12.2. The number of guanidine groups is 1. The Morgan fingerprint density at radius 2 is 2.10 bits per heavy atom. The highest BCUT2D eigenvalue weighted by Crippen LogP contribution is 2.22. The van der Waals surface area contributed by atoms with Gasteiger partial charge in [0.2, 0.25) is 5.96 Å². The summed E-state index contributed by atoms with van der Waals surface area (Å²) in [7, 11) is 0. The third-order valence-corrected chi connectivity index (χ3v) is 3.59. The number of rotatable bonds is 4. The Hall–Kier alpha value is -2.37. The molecule has 112 valence electrons. The molecule has 0 fully saturated rings. The van der Waals surface area contributed by atoms with Crippen LogP contribution in [0.2, 0.25) is 0 Å². The van der Waals surface area contributed by atoms with Crippen LogP contribution in [0.1, 0.15) is 25.8 Å². The van der Waals surface area contributed by atoms with Crippen molar-refractivity contribution in [2.24, 2.45) is 16.6 Å². The predicted molar refractivity (Wildman–Crippen MR) is 78.3 cm³/mol. The molecule has 0 aromatic heterocycles. The Bertz CT molecular complexity index is 557. The van der Waals surface area contributed by atoms with Gasteiger partial charge in [-0.2, -0.15) is 4.99 Å². The maximum Gasteiger partial charge on any atom is 0.417 e. The van der Waals surface area contributed by atoms with Crippen molar-refractivity contribution in [3.63, 3.8) is 0 Å². The number of ether oxygens (including phenoxy) is 1. The number of hydrogen-bond acceptors (Lipinski definition) is 4. The second-order valence-electron chi connectivity index (χ2n) is 5.05. The molecule has 2 rings (SSSR count). The highest BCUT2D eigenvalue weighted by Gasteiger charge is 2.41. The largest absolute Gasteiger partial charge is 0.444 e. The predicted octanol–water partition coefficient (Wildman–Crippen LogP) is 1.89. The number of benzene rings is 1. The molecule has 2 amide bonds. The van der Waals surface area contributed by atoms with Gasteiger partial charge in [-0.3, -0.25) is 4.79 Å². The Morgan fingerprint density at radius 3 is 2.71 bits per heavy atom. The number of carbonyl (C=O) groups excluding carboxylic acids is 2. The van der Waals surface area contributed by atoms with Crippen molar-refractivity contribution < 1.29 is 14.3 Å². The molecule has 0 aliphatic carbocycles. The minimum atomic E-state index is -0.668. The van der Waals surface area contributed by atoms with Crippen molar-refractivity contribution in [1.82, 2.24) is 4.90 Å². The van der Waals surface area contributed by atoms with Gasteiger partial charge in [-0.1, -0.05) is 50.6 Å². The zero-order valence-corrected chi connectivity index (χ0v) is 12.2. The number of amides is 2. The molecular weight excluding hydrogens is 270 g/mol. The van der Waals surface area contributed by atoms with Gasteiger partial charge < -0.3 is 10.5 Å². The number of hydrogen-bond donors (Lipinski definition) is 1. The molecule has 6 nitrogen and oxygen atoms in total. The van der Waals surface area contributed by atoms with E-state index in [1.807, 2.05) is 44.2 Å². The number of aliphatic imine (C=N–C) groups is 1. The summed E-state index contributed by atoms with van der Waals surface area (Å²) in [5, 5.41) is 0. The lowest BCUT2D eigenvalue weighted by Crippen LogP contribution is -2.48. The lowest BCUT2D eigenvalue weighted by atomic mass is 9.98. The molecule has 1 aliphatic rings. The first-order valence-corrected chi connectivity index (χ1v) is 6.92. The zero-order valence-electron chi connectivity index (χ0n) is 12.2. The Morgan fingerprint density at radius 1 is 1.43 bits per heavy atom. The van der Waals surface area contributed by atoms with Crippen LogP contribution in [-0.2, 0) is 16.1 Å². The molecule has 1 aromatic carbocycles. The summed E-state index contributed by atoms with van der Waals surface area (Å²) in [6.45, 7) is 3.96. The molecule has 1 heterocycles. The van der Waals surface area contributed by atoms with Crippen molar-refractivity contribution in [3.05, 3.63) is 35.9 Å². The Labute approximate surface area is 123 Å². The molecule has 0 saturated carbocycles. The van der Waals surface area contributed by atoms with Gasteiger partial charge in [0.05, 0.1) is 0 Å². The molecule has 1 aliphatic heterocycles. The topological polar surface area (TPSA) is 85.0 Å². The lowest BCUT2D eigenvalue weighted by molar-refractivity contribution is -0.121. The molecule has 0 saturated heterocycles. The average Bonchev–Trinajstić information content (AvgIpc) is 2.79. The van der Waals surface area contributed by atoms with E-state index >= 15 is 0 Å². The van der Waals surface area contributed by atoms with Gasteiger partial charge in [0, 0.05) is 0 Å². The molecule has 2 N–H and O–H groups in total. The highest BCUT2D eigenvalue weighted by atomic mass is 16.6. The first-order chi connectivity index (χ1) is 10.0. The van der Waals surface area contributed by atoms with E-state index in [1.54, 1.807) is 0 Å². The summed E-state index contributed by atoms with van der Waals surface area (Å²) >= 11 is 0. The Kier molecular flexibility index (Phi) is 4.57. The molecule has 1 aromatic rings. The summed E-state index contributed by atoms with van der Waals surface area (Å²) in [6.07, 6.45) is 0.0954. The van der Waals surface area contributed by atoms with E-state index in [1.165, 1.54) is 0 Å². The maximum atomic E-state index is 12.2. The van der Waals surface area contributed by atoms with E-state index in [9.17, 15) is 9.59 Å². The van der Waals surface area contributed by atoms with Crippen molar-refractivity contribution in [2.75, 3.05) is 0 Å². The summed E-state index contributed by atoms with van der Waals surface area (Å²) in [5.41, 5.74) is 6.54. The first kappa shape index (κ1) is 15.0. The number of carbonyl (C=O) groups is 2. The fourth-order valence-corrected chi connectivity index (χ4v) is 2.20. The van der Waals surface area contributed by atoms with E-state index in [0.29, 0.717) is 0 Å². The second kappa shape index (κ2) is 6.39. The van der Waals surface area contributed by atoms with E-state index < -0.39 is 18.0 Å². The Balaban J connectivity index is 2.06. The van der Waals surface area contributed by atoms with Gasteiger partial charge in [0.15, 0.2) is 0 Å². The molecule has 0 spiro atoms. The van der Waals surface area contributed by atoms with E-state index in [-0.39, 0.29) is 18.5 Å². The van der Waals surface area contributed by atoms with E-state index in [4.69, 9.17) is 10.5 Å². The van der Waals surface area contributed by atoms with Gasteiger partial charge in [0.25, 0.3) is 5.91 Å². The van der Waals surface area contributed by atoms with Crippen LogP contribution in [-0.4, -0.2) is 28.9 Å². The molecule has 21 heavy (non-hydrogen) atoms. The summed E-state index contributed by atoms with van der Waals surface area (Å²) in [4.78, 5) is 28.9. The van der Waals surface area contributed by atoms with Gasteiger partial charge in [0.1, 0.15) is 12.6 Å². The van der Waals surface area contributed by atoms with E-state index in [2.05, 4.69) is 4.99 Å². The quantitative estimate of drug-likeness (QED) is 0.917. The van der Waals surface area contributed by atoms with Gasteiger partial charge in [-0.15, -0.1) is 0 Å². The summed E-state index contributed by atoms with van der Waals surface area (Å²) in [6, 6.07) is 8.64.